The third-order valence-corrected chi connectivity index (χ3v) is 5.49. The van der Waals surface area contributed by atoms with Crippen LogP contribution in [0.2, 0.25) is 0 Å². The Morgan fingerprint density at radius 1 is 1.16 bits per heavy atom. The zero-order valence-electron chi connectivity index (χ0n) is 13.6. The van der Waals surface area contributed by atoms with Crippen molar-refractivity contribution in [1.29, 1.82) is 0 Å². The lowest BCUT2D eigenvalue weighted by molar-refractivity contribution is -0.138. The summed E-state index contributed by atoms with van der Waals surface area (Å²) in [5.41, 5.74) is 3.08. The standard InChI is InChI=1S/C20H18N2O2S/c23-20(24)17-5-3-13-22(17)15-10-7-14(8-11-15)9-12-19-21-16-4-1-2-6-18(16)25-19/h1-2,4,6-12,17H,3,5,13H2,(H,23,24). The van der Waals surface area contributed by atoms with Gasteiger partial charge < -0.3 is 10.0 Å². The molecule has 4 nitrogen and oxygen atoms in total. The maximum atomic E-state index is 11.3. The summed E-state index contributed by atoms with van der Waals surface area (Å²) < 4.78 is 1.19. The second-order valence-electron chi connectivity index (χ2n) is 6.13. The molecule has 0 amide bonds. The third kappa shape index (κ3) is 3.28. The largest absolute Gasteiger partial charge is 0.480 e. The highest BCUT2D eigenvalue weighted by Gasteiger charge is 2.30. The molecule has 1 unspecified atom stereocenters. The molecular weight excluding hydrogens is 332 g/mol. The maximum absolute atomic E-state index is 11.3. The highest BCUT2D eigenvalue weighted by atomic mass is 32.1. The number of hydrogen-bond acceptors (Lipinski definition) is 4. The van der Waals surface area contributed by atoms with Crippen LogP contribution in [-0.4, -0.2) is 28.6 Å². The molecular formula is C20H18N2O2S. The molecule has 0 bridgehead atoms. The van der Waals surface area contributed by atoms with E-state index < -0.39 is 12.0 Å². The molecule has 1 N–H and O–H groups in total. The third-order valence-electron chi connectivity index (χ3n) is 4.49. The smallest absolute Gasteiger partial charge is 0.326 e. The number of hydrogen-bond donors (Lipinski definition) is 1. The van der Waals surface area contributed by atoms with E-state index in [-0.39, 0.29) is 0 Å². The number of carboxylic acids is 1. The van der Waals surface area contributed by atoms with Gasteiger partial charge in [-0.3, -0.25) is 0 Å². The zero-order chi connectivity index (χ0) is 17.2. The second kappa shape index (κ2) is 6.69. The number of rotatable bonds is 4. The molecule has 1 aromatic heterocycles. The number of carbonyl (C=O) groups is 1. The quantitative estimate of drug-likeness (QED) is 0.752. The first-order valence-corrected chi connectivity index (χ1v) is 9.15. The summed E-state index contributed by atoms with van der Waals surface area (Å²) >= 11 is 1.67. The van der Waals surface area contributed by atoms with Gasteiger partial charge in [0.1, 0.15) is 11.0 Å². The summed E-state index contributed by atoms with van der Waals surface area (Å²) in [6, 6.07) is 15.8. The van der Waals surface area contributed by atoms with E-state index in [1.54, 1.807) is 11.3 Å². The van der Waals surface area contributed by atoms with Crippen molar-refractivity contribution in [2.45, 2.75) is 18.9 Å². The molecule has 0 saturated carbocycles. The van der Waals surface area contributed by atoms with Crippen molar-refractivity contribution >= 4 is 45.4 Å². The van der Waals surface area contributed by atoms with Crippen molar-refractivity contribution in [3.05, 3.63) is 59.1 Å². The van der Waals surface area contributed by atoms with Crippen molar-refractivity contribution in [2.24, 2.45) is 0 Å². The van der Waals surface area contributed by atoms with E-state index in [2.05, 4.69) is 11.1 Å². The van der Waals surface area contributed by atoms with E-state index in [4.69, 9.17) is 0 Å². The average molecular weight is 350 g/mol. The van der Waals surface area contributed by atoms with Gasteiger partial charge in [0.05, 0.1) is 10.2 Å². The summed E-state index contributed by atoms with van der Waals surface area (Å²) in [5, 5.41) is 10.3. The van der Waals surface area contributed by atoms with Gasteiger partial charge in [0, 0.05) is 12.2 Å². The minimum absolute atomic E-state index is 0.399. The van der Waals surface area contributed by atoms with Crippen molar-refractivity contribution in [3.63, 3.8) is 0 Å². The first-order valence-electron chi connectivity index (χ1n) is 8.34. The van der Waals surface area contributed by atoms with Crippen LogP contribution in [-0.2, 0) is 4.79 Å². The van der Waals surface area contributed by atoms with Crippen LogP contribution >= 0.6 is 11.3 Å². The lowest BCUT2D eigenvalue weighted by Crippen LogP contribution is -2.35. The minimum atomic E-state index is -0.739. The Hall–Kier alpha value is -2.66. The van der Waals surface area contributed by atoms with Gasteiger partial charge in [0.15, 0.2) is 0 Å². The highest BCUT2D eigenvalue weighted by Crippen LogP contribution is 2.27. The van der Waals surface area contributed by atoms with Crippen molar-refractivity contribution in [3.8, 4) is 0 Å². The van der Waals surface area contributed by atoms with Gasteiger partial charge >= 0.3 is 5.97 Å². The van der Waals surface area contributed by atoms with Crippen LogP contribution in [0.15, 0.2) is 48.5 Å². The Balaban J connectivity index is 1.51. The zero-order valence-corrected chi connectivity index (χ0v) is 14.4. The highest BCUT2D eigenvalue weighted by molar-refractivity contribution is 7.19. The Morgan fingerprint density at radius 3 is 2.72 bits per heavy atom. The lowest BCUT2D eigenvalue weighted by atomic mass is 10.1. The van der Waals surface area contributed by atoms with E-state index >= 15 is 0 Å². The summed E-state index contributed by atoms with van der Waals surface area (Å²) in [6.07, 6.45) is 5.71. The molecule has 1 aliphatic heterocycles. The number of para-hydroxylation sites is 1. The summed E-state index contributed by atoms with van der Waals surface area (Å²) in [5.74, 6) is -0.739. The number of fused-ring (bicyclic) bond motifs is 1. The monoisotopic (exact) mass is 350 g/mol. The number of benzene rings is 2. The van der Waals surface area contributed by atoms with Crippen molar-refractivity contribution in [2.75, 3.05) is 11.4 Å². The fourth-order valence-electron chi connectivity index (χ4n) is 3.24. The molecule has 2 aromatic carbocycles. The van der Waals surface area contributed by atoms with Crippen LogP contribution in [0.1, 0.15) is 23.4 Å². The van der Waals surface area contributed by atoms with Crippen molar-refractivity contribution in [1.82, 2.24) is 4.98 Å². The lowest BCUT2D eigenvalue weighted by Gasteiger charge is -2.23. The van der Waals surface area contributed by atoms with Gasteiger partial charge in [-0.1, -0.05) is 30.3 Å². The molecule has 3 aromatic rings. The summed E-state index contributed by atoms with van der Waals surface area (Å²) in [7, 11) is 0. The normalized spacial score (nSPS) is 17.6. The molecule has 0 aliphatic carbocycles. The second-order valence-corrected chi connectivity index (χ2v) is 7.20. The van der Waals surface area contributed by atoms with E-state index in [1.807, 2.05) is 59.5 Å². The summed E-state index contributed by atoms with van der Waals surface area (Å²) in [6.45, 7) is 0.803. The number of thiazole rings is 1. The number of aliphatic carboxylic acids is 1. The molecule has 1 atom stereocenters. The molecule has 2 heterocycles. The molecule has 0 spiro atoms. The van der Waals surface area contributed by atoms with Crippen LogP contribution in [0, 0.1) is 0 Å². The van der Waals surface area contributed by atoms with Crippen LogP contribution < -0.4 is 4.90 Å². The number of nitrogens with zero attached hydrogens (tertiary/aromatic N) is 2. The predicted molar refractivity (Wildman–Crippen MR) is 103 cm³/mol. The predicted octanol–water partition coefficient (Wildman–Crippen LogP) is 4.52. The number of aromatic nitrogens is 1. The minimum Gasteiger partial charge on any atom is -0.480 e. The summed E-state index contributed by atoms with van der Waals surface area (Å²) in [4.78, 5) is 17.9. The van der Waals surface area contributed by atoms with Crippen molar-refractivity contribution < 1.29 is 9.90 Å². The molecule has 126 valence electrons. The number of carboxylic acid groups (broad SMARTS) is 1. The molecule has 1 aliphatic rings. The molecule has 0 radical (unpaired) electrons. The average Bonchev–Trinajstić information content (AvgIpc) is 3.27. The van der Waals surface area contributed by atoms with Gasteiger partial charge in [-0.25, -0.2) is 9.78 Å². The van der Waals surface area contributed by atoms with Crippen LogP contribution in [0.25, 0.3) is 22.4 Å². The molecule has 4 rings (SSSR count). The van der Waals surface area contributed by atoms with E-state index in [1.165, 1.54) is 4.70 Å². The van der Waals surface area contributed by atoms with Crippen LogP contribution in [0.4, 0.5) is 5.69 Å². The van der Waals surface area contributed by atoms with Crippen LogP contribution in [0.5, 0.6) is 0 Å². The topological polar surface area (TPSA) is 53.4 Å². The number of anilines is 1. The van der Waals surface area contributed by atoms with E-state index in [0.29, 0.717) is 6.42 Å². The maximum Gasteiger partial charge on any atom is 0.326 e. The SMILES string of the molecule is O=C(O)C1CCCN1c1ccc(C=Cc2nc3ccccc3s2)cc1. The van der Waals surface area contributed by atoms with Crippen LogP contribution in [0.3, 0.4) is 0 Å². The first-order chi connectivity index (χ1) is 12.2. The molecule has 25 heavy (non-hydrogen) atoms. The van der Waals surface area contributed by atoms with E-state index in [0.717, 1.165) is 34.7 Å². The van der Waals surface area contributed by atoms with Gasteiger partial charge in [0.2, 0.25) is 0 Å². The Kier molecular flexibility index (Phi) is 4.24. The fraction of sp³-hybridized carbons (Fsp3) is 0.200. The Morgan fingerprint density at radius 2 is 1.96 bits per heavy atom. The Bertz CT molecular complexity index is 897. The first kappa shape index (κ1) is 15.8. The van der Waals surface area contributed by atoms with Gasteiger partial charge in [-0.15, -0.1) is 11.3 Å². The fourth-order valence-corrected chi connectivity index (χ4v) is 4.11. The van der Waals surface area contributed by atoms with Gasteiger partial charge in [0.25, 0.3) is 0 Å². The van der Waals surface area contributed by atoms with E-state index in [9.17, 15) is 9.90 Å². The Labute approximate surface area is 150 Å². The molecule has 1 fully saturated rings. The molecule has 5 heteroatoms. The van der Waals surface area contributed by atoms with Gasteiger partial charge in [-0.2, -0.15) is 0 Å². The van der Waals surface area contributed by atoms with Gasteiger partial charge in [-0.05, 0) is 48.7 Å². The molecule has 1 saturated heterocycles.